The zero-order valence-electron chi connectivity index (χ0n) is 12.9. The molecule has 0 saturated heterocycles. The Morgan fingerprint density at radius 2 is 1.24 bits per heavy atom. The van der Waals surface area contributed by atoms with Crippen LogP contribution in [0.5, 0.6) is 0 Å². The van der Waals surface area contributed by atoms with Crippen molar-refractivity contribution in [1.29, 1.82) is 5.26 Å². The van der Waals surface area contributed by atoms with E-state index in [1.54, 1.807) is 12.1 Å². The molecule has 0 saturated carbocycles. The van der Waals surface area contributed by atoms with E-state index in [4.69, 9.17) is 11.0 Å². The van der Waals surface area contributed by atoms with Gasteiger partial charge in [0.2, 0.25) is 5.91 Å². The Morgan fingerprint density at radius 1 is 0.857 bits per heavy atom. The number of rotatable bonds is 1. The second kappa shape index (κ2) is 7.25. The Kier molecular flexibility index (Phi) is 5.68. The van der Waals surface area contributed by atoms with Crippen molar-refractivity contribution < 1.29 is 4.79 Å². The van der Waals surface area contributed by atoms with Crippen LogP contribution in [-0.4, -0.2) is 5.91 Å². The molecule has 0 aliphatic heterocycles. The number of hydrogen-bond donors (Lipinski definition) is 1. The lowest BCUT2D eigenvalue weighted by atomic mass is 10.1. The van der Waals surface area contributed by atoms with Crippen molar-refractivity contribution in [2.45, 2.75) is 27.7 Å². The van der Waals surface area contributed by atoms with E-state index >= 15 is 0 Å². The van der Waals surface area contributed by atoms with Crippen LogP contribution < -0.4 is 5.73 Å². The summed E-state index contributed by atoms with van der Waals surface area (Å²) in [6.07, 6.45) is 0. The number of benzene rings is 2. The van der Waals surface area contributed by atoms with E-state index in [-0.39, 0.29) is 5.91 Å². The van der Waals surface area contributed by atoms with E-state index in [9.17, 15) is 4.79 Å². The van der Waals surface area contributed by atoms with Crippen molar-refractivity contribution in [1.82, 2.24) is 0 Å². The molecule has 1 amide bonds. The minimum Gasteiger partial charge on any atom is -0.366 e. The Bertz CT molecular complexity index is 656. The van der Waals surface area contributed by atoms with Gasteiger partial charge in [-0.2, -0.15) is 5.26 Å². The van der Waals surface area contributed by atoms with Gasteiger partial charge in [-0.15, -0.1) is 0 Å². The maximum absolute atomic E-state index is 10.7. The second-order valence-electron chi connectivity index (χ2n) is 5.23. The largest absolute Gasteiger partial charge is 0.366 e. The quantitative estimate of drug-likeness (QED) is 0.867. The van der Waals surface area contributed by atoms with Crippen LogP contribution in [0.1, 0.15) is 38.2 Å². The summed E-state index contributed by atoms with van der Waals surface area (Å²) in [6, 6.07) is 13.5. The zero-order valence-corrected chi connectivity index (χ0v) is 12.9. The number of nitrogens with zero attached hydrogens (tertiary/aromatic N) is 1. The Hall–Kier alpha value is -2.60. The molecule has 0 spiro atoms. The fourth-order valence-corrected chi connectivity index (χ4v) is 2.16. The van der Waals surface area contributed by atoms with Gasteiger partial charge in [0, 0.05) is 5.56 Å². The van der Waals surface area contributed by atoms with Crippen LogP contribution in [0, 0.1) is 39.0 Å². The third kappa shape index (κ3) is 5.50. The van der Waals surface area contributed by atoms with Crippen LogP contribution in [0.3, 0.4) is 0 Å². The number of amides is 1. The number of primary amides is 1. The first-order chi connectivity index (χ1) is 9.81. The summed E-state index contributed by atoms with van der Waals surface area (Å²) in [5.74, 6) is -0.364. The number of aryl methyl sites for hydroxylation is 4. The topological polar surface area (TPSA) is 66.9 Å². The Labute approximate surface area is 126 Å². The SMILES string of the molecule is Cc1cc(C)cc(C#N)c1.Cc1cc(C)cc(C(N)=O)c1. The third-order valence-electron chi connectivity index (χ3n) is 2.86. The van der Waals surface area contributed by atoms with Gasteiger partial charge in [0.05, 0.1) is 11.6 Å². The maximum atomic E-state index is 10.7. The highest BCUT2D eigenvalue weighted by Crippen LogP contribution is 2.08. The van der Waals surface area contributed by atoms with Crippen LogP contribution in [0.25, 0.3) is 0 Å². The molecule has 21 heavy (non-hydrogen) atoms. The highest BCUT2D eigenvalue weighted by molar-refractivity contribution is 5.93. The molecule has 0 aliphatic rings. The fraction of sp³-hybridized carbons (Fsp3) is 0.222. The molecule has 3 nitrogen and oxygen atoms in total. The number of nitriles is 1. The highest BCUT2D eigenvalue weighted by Gasteiger charge is 2.00. The first-order valence-corrected chi connectivity index (χ1v) is 6.68. The molecule has 0 atom stereocenters. The Balaban J connectivity index is 0.000000211. The van der Waals surface area contributed by atoms with Gasteiger partial charge in [0.1, 0.15) is 0 Å². The van der Waals surface area contributed by atoms with Crippen LogP contribution in [0.4, 0.5) is 0 Å². The summed E-state index contributed by atoms with van der Waals surface area (Å²) >= 11 is 0. The predicted molar refractivity (Wildman–Crippen MR) is 85.1 cm³/mol. The lowest BCUT2D eigenvalue weighted by Gasteiger charge is -1.99. The van der Waals surface area contributed by atoms with Gasteiger partial charge in [-0.1, -0.05) is 23.3 Å². The van der Waals surface area contributed by atoms with Gasteiger partial charge in [-0.25, -0.2) is 0 Å². The summed E-state index contributed by atoms with van der Waals surface area (Å²) < 4.78 is 0. The van der Waals surface area contributed by atoms with Gasteiger partial charge in [-0.3, -0.25) is 4.79 Å². The molecule has 108 valence electrons. The van der Waals surface area contributed by atoms with Gasteiger partial charge >= 0.3 is 0 Å². The molecule has 2 rings (SSSR count). The van der Waals surface area contributed by atoms with Crippen molar-refractivity contribution >= 4 is 5.91 Å². The van der Waals surface area contributed by atoms with Gasteiger partial charge in [0.25, 0.3) is 0 Å². The zero-order chi connectivity index (χ0) is 16.0. The van der Waals surface area contributed by atoms with Crippen LogP contribution in [-0.2, 0) is 0 Å². The molecule has 0 bridgehead atoms. The summed E-state index contributed by atoms with van der Waals surface area (Å²) in [7, 11) is 0. The molecule has 2 N–H and O–H groups in total. The Morgan fingerprint density at radius 3 is 1.57 bits per heavy atom. The average molecular weight is 280 g/mol. The molecular weight excluding hydrogens is 260 g/mol. The van der Waals surface area contributed by atoms with E-state index in [0.717, 1.165) is 27.8 Å². The summed E-state index contributed by atoms with van der Waals surface area (Å²) in [5, 5.41) is 8.54. The third-order valence-corrected chi connectivity index (χ3v) is 2.86. The minimum absolute atomic E-state index is 0.364. The molecular formula is C18H20N2O. The predicted octanol–water partition coefficient (Wildman–Crippen LogP) is 3.58. The van der Waals surface area contributed by atoms with Crippen LogP contribution >= 0.6 is 0 Å². The molecule has 0 aliphatic carbocycles. The van der Waals surface area contributed by atoms with Crippen molar-refractivity contribution in [2.24, 2.45) is 5.73 Å². The first kappa shape index (κ1) is 16.5. The monoisotopic (exact) mass is 280 g/mol. The summed E-state index contributed by atoms with van der Waals surface area (Å²) in [4.78, 5) is 10.7. The van der Waals surface area contributed by atoms with Crippen molar-refractivity contribution in [3.63, 3.8) is 0 Å². The van der Waals surface area contributed by atoms with Crippen LogP contribution in [0.2, 0.25) is 0 Å². The summed E-state index contributed by atoms with van der Waals surface area (Å²) in [5.41, 5.74) is 10.9. The van der Waals surface area contributed by atoms with Gasteiger partial charge < -0.3 is 5.73 Å². The van der Waals surface area contributed by atoms with Gasteiger partial charge in [0.15, 0.2) is 0 Å². The lowest BCUT2D eigenvalue weighted by molar-refractivity contribution is 0.1000. The van der Waals surface area contributed by atoms with Crippen molar-refractivity contribution in [2.75, 3.05) is 0 Å². The molecule has 0 heterocycles. The molecule has 0 fully saturated rings. The van der Waals surface area contributed by atoms with Crippen LogP contribution in [0.15, 0.2) is 36.4 Å². The molecule has 2 aromatic rings. The number of hydrogen-bond acceptors (Lipinski definition) is 2. The average Bonchev–Trinajstić information content (AvgIpc) is 2.37. The number of carbonyl (C=O) groups excluding carboxylic acids is 1. The maximum Gasteiger partial charge on any atom is 0.248 e. The van der Waals surface area contributed by atoms with Crippen molar-refractivity contribution in [3.8, 4) is 6.07 Å². The first-order valence-electron chi connectivity index (χ1n) is 6.68. The molecule has 0 radical (unpaired) electrons. The number of carbonyl (C=O) groups is 1. The van der Waals surface area contributed by atoms with Crippen molar-refractivity contribution in [3.05, 3.63) is 69.8 Å². The smallest absolute Gasteiger partial charge is 0.248 e. The fourth-order valence-electron chi connectivity index (χ4n) is 2.16. The minimum atomic E-state index is -0.364. The van der Waals surface area contributed by atoms with E-state index in [1.165, 1.54) is 0 Å². The van der Waals surface area contributed by atoms with Gasteiger partial charge in [-0.05, 0) is 63.1 Å². The number of nitrogens with two attached hydrogens (primary N) is 1. The summed E-state index contributed by atoms with van der Waals surface area (Å²) in [6.45, 7) is 7.88. The molecule has 0 unspecified atom stereocenters. The molecule has 3 heteroatoms. The van der Waals surface area contributed by atoms with E-state index in [1.807, 2.05) is 45.9 Å². The molecule has 2 aromatic carbocycles. The second-order valence-corrected chi connectivity index (χ2v) is 5.23. The molecule has 0 aromatic heterocycles. The normalized spacial score (nSPS) is 9.29. The lowest BCUT2D eigenvalue weighted by Crippen LogP contribution is -2.11. The van der Waals surface area contributed by atoms with E-state index < -0.39 is 0 Å². The highest BCUT2D eigenvalue weighted by atomic mass is 16.1. The standard InChI is InChI=1S/C9H11NO.C9H9N/c1-6-3-7(2)5-8(4-6)9(10)11;1-7-3-8(2)5-9(4-7)6-10/h3-5H,1-2H3,(H2,10,11);3-5H,1-2H3. The van der Waals surface area contributed by atoms with E-state index in [0.29, 0.717) is 5.56 Å². The van der Waals surface area contributed by atoms with E-state index in [2.05, 4.69) is 12.1 Å².